The second kappa shape index (κ2) is 7.65. The van der Waals surface area contributed by atoms with Crippen LogP contribution >= 0.6 is 0 Å². The maximum atomic E-state index is 12.1. The van der Waals surface area contributed by atoms with Crippen molar-refractivity contribution in [3.8, 4) is 0 Å². The van der Waals surface area contributed by atoms with Crippen molar-refractivity contribution in [2.24, 2.45) is 0 Å². The van der Waals surface area contributed by atoms with Crippen LogP contribution in [0.3, 0.4) is 0 Å². The Kier molecular flexibility index (Phi) is 5.47. The van der Waals surface area contributed by atoms with Crippen molar-refractivity contribution in [1.82, 2.24) is 9.47 Å². The Morgan fingerprint density at radius 3 is 2.19 bits per heavy atom. The molecule has 1 heterocycles. The molecule has 0 unspecified atom stereocenters. The molecule has 0 radical (unpaired) electrons. The van der Waals surface area contributed by atoms with Gasteiger partial charge in [-0.15, -0.1) is 0 Å². The highest BCUT2D eigenvalue weighted by molar-refractivity contribution is 6.13. The molecule has 142 valence electrons. The molecule has 4 nitrogen and oxygen atoms in total. The number of aromatic nitrogens is 1. The molecule has 4 heteroatoms. The number of benzene rings is 2. The Hall–Kier alpha value is -2.46. The molecule has 0 N–H and O–H groups in total. The zero-order valence-corrected chi connectivity index (χ0v) is 16.9. The Balaban J connectivity index is 2.26. The van der Waals surface area contributed by atoms with E-state index in [0.29, 0.717) is 5.56 Å². The highest BCUT2D eigenvalue weighted by Crippen LogP contribution is 2.32. The number of nitrogens with zero attached hydrogens (tertiary/aromatic N) is 2. The van der Waals surface area contributed by atoms with Crippen LogP contribution in [0.1, 0.15) is 54.0 Å². The molecule has 0 aliphatic heterocycles. The van der Waals surface area contributed by atoms with E-state index in [4.69, 9.17) is 0 Å². The van der Waals surface area contributed by atoms with Crippen LogP contribution in [-0.2, 0) is 6.54 Å². The number of rotatable bonds is 7. The van der Waals surface area contributed by atoms with Crippen LogP contribution in [0.5, 0.6) is 0 Å². The van der Waals surface area contributed by atoms with E-state index < -0.39 is 0 Å². The summed E-state index contributed by atoms with van der Waals surface area (Å²) in [7, 11) is 0. The maximum absolute atomic E-state index is 12.1. The average Bonchev–Trinajstić information content (AvgIpc) is 2.93. The van der Waals surface area contributed by atoms with Gasteiger partial charge < -0.3 is 9.47 Å². The van der Waals surface area contributed by atoms with Gasteiger partial charge in [0.2, 0.25) is 0 Å². The van der Waals surface area contributed by atoms with Gasteiger partial charge in [0, 0.05) is 46.0 Å². The van der Waals surface area contributed by atoms with Crippen molar-refractivity contribution < 1.29 is 9.59 Å². The van der Waals surface area contributed by atoms with Crippen LogP contribution in [0.25, 0.3) is 21.8 Å². The van der Waals surface area contributed by atoms with Gasteiger partial charge in [-0.25, -0.2) is 0 Å². The van der Waals surface area contributed by atoms with Crippen LogP contribution in [0, 0.1) is 6.92 Å². The minimum Gasteiger partial charge on any atom is -0.339 e. The topological polar surface area (TPSA) is 42.3 Å². The maximum Gasteiger partial charge on any atom is 0.160 e. The van der Waals surface area contributed by atoms with E-state index in [9.17, 15) is 9.59 Å². The summed E-state index contributed by atoms with van der Waals surface area (Å²) in [5.41, 5.74) is 4.69. The fourth-order valence-electron chi connectivity index (χ4n) is 3.87. The van der Waals surface area contributed by atoms with Gasteiger partial charge in [-0.2, -0.15) is 0 Å². The molecule has 0 saturated carbocycles. The first kappa shape index (κ1) is 19.3. The summed E-state index contributed by atoms with van der Waals surface area (Å²) in [6.45, 7) is 13.4. The van der Waals surface area contributed by atoms with Crippen LogP contribution in [0.2, 0.25) is 0 Å². The number of aryl methyl sites for hydroxylation is 1. The SMILES string of the molecule is CCN(CC)CCn1c2ccc(C(C)=O)cc2c2cc(C(C)=O)c(C)cc21. The highest BCUT2D eigenvalue weighted by atomic mass is 16.1. The van der Waals surface area contributed by atoms with E-state index in [1.807, 2.05) is 31.2 Å². The van der Waals surface area contributed by atoms with E-state index in [-0.39, 0.29) is 11.6 Å². The smallest absolute Gasteiger partial charge is 0.160 e. The number of likely N-dealkylation sites (N-methyl/N-ethyl adjacent to an activating group) is 1. The molecular weight excluding hydrogens is 336 g/mol. The summed E-state index contributed by atoms with van der Waals surface area (Å²) in [5, 5.41) is 2.09. The number of hydrogen-bond acceptors (Lipinski definition) is 3. The molecule has 0 aliphatic carbocycles. The highest BCUT2D eigenvalue weighted by Gasteiger charge is 2.16. The van der Waals surface area contributed by atoms with Crippen molar-refractivity contribution in [2.45, 2.75) is 41.2 Å². The normalized spacial score (nSPS) is 11.6. The Morgan fingerprint density at radius 2 is 1.59 bits per heavy atom. The van der Waals surface area contributed by atoms with Gasteiger partial charge in [0.1, 0.15) is 0 Å². The van der Waals surface area contributed by atoms with Gasteiger partial charge >= 0.3 is 0 Å². The second-order valence-corrected chi connectivity index (χ2v) is 7.21. The van der Waals surface area contributed by atoms with Gasteiger partial charge in [0.15, 0.2) is 11.6 Å². The summed E-state index contributed by atoms with van der Waals surface area (Å²) in [6.07, 6.45) is 0. The van der Waals surface area contributed by atoms with Gasteiger partial charge in [-0.3, -0.25) is 9.59 Å². The second-order valence-electron chi connectivity index (χ2n) is 7.21. The minimum atomic E-state index is 0.0554. The Bertz CT molecular complexity index is 1030. The first-order valence-electron chi connectivity index (χ1n) is 9.68. The molecule has 3 rings (SSSR count). The standard InChI is InChI=1S/C23H28N2O2/c1-6-24(7-2)10-11-25-22-9-8-18(16(4)26)13-20(22)21-14-19(17(5)27)15(3)12-23(21)25/h8-9,12-14H,6-7,10-11H2,1-5H3. The number of fused-ring (bicyclic) bond motifs is 3. The lowest BCUT2D eigenvalue weighted by Gasteiger charge is -2.19. The third kappa shape index (κ3) is 3.54. The molecular formula is C23H28N2O2. The van der Waals surface area contributed by atoms with E-state index >= 15 is 0 Å². The third-order valence-corrected chi connectivity index (χ3v) is 5.53. The lowest BCUT2D eigenvalue weighted by molar-refractivity contribution is 0.100. The number of carbonyl (C=O) groups is 2. The number of ketones is 2. The summed E-state index contributed by atoms with van der Waals surface area (Å²) in [4.78, 5) is 26.3. The zero-order chi connectivity index (χ0) is 19.7. The van der Waals surface area contributed by atoms with Crippen LogP contribution in [0.4, 0.5) is 0 Å². The van der Waals surface area contributed by atoms with E-state index in [0.717, 1.165) is 59.1 Å². The average molecular weight is 364 g/mol. The van der Waals surface area contributed by atoms with E-state index in [1.165, 1.54) is 0 Å². The predicted molar refractivity (Wildman–Crippen MR) is 112 cm³/mol. The van der Waals surface area contributed by atoms with Crippen LogP contribution < -0.4 is 0 Å². The largest absolute Gasteiger partial charge is 0.339 e. The van der Waals surface area contributed by atoms with Crippen LogP contribution in [0.15, 0.2) is 30.3 Å². The van der Waals surface area contributed by atoms with Crippen molar-refractivity contribution in [1.29, 1.82) is 0 Å². The fourth-order valence-corrected chi connectivity index (χ4v) is 3.87. The third-order valence-electron chi connectivity index (χ3n) is 5.53. The molecule has 3 aromatic rings. The summed E-state index contributed by atoms with van der Waals surface area (Å²) >= 11 is 0. The fraction of sp³-hybridized carbons (Fsp3) is 0.391. The van der Waals surface area contributed by atoms with Crippen molar-refractivity contribution in [3.63, 3.8) is 0 Å². The van der Waals surface area contributed by atoms with E-state index in [2.05, 4.69) is 29.4 Å². The number of hydrogen-bond donors (Lipinski definition) is 0. The molecule has 0 atom stereocenters. The zero-order valence-electron chi connectivity index (χ0n) is 16.9. The lowest BCUT2D eigenvalue weighted by Crippen LogP contribution is -2.27. The lowest BCUT2D eigenvalue weighted by atomic mass is 10.0. The summed E-state index contributed by atoms with van der Waals surface area (Å²) in [5.74, 6) is 0.126. The molecule has 0 saturated heterocycles. The molecule has 0 spiro atoms. The molecule has 0 bridgehead atoms. The predicted octanol–water partition coefficient (Wildman–Crippen LogP) is 4.85. The summed E-state index contributed by atoms with van der Waals surface area (Å²) < 4.78 is 2.32. The van der Waals surface area contributed by atoms with Gasteiger partial charge in [-0.05, 0) is 69.8 Å². The summed E-state index contributed by atoms with van der Waals surface area (Å²) in [6, 6.07) is 10.0. The quantitative estimate of drug-likeness (QED) is 0.563. The van der Waals surface area contributed by atoms with Gasteiger partial charge in [0.25, 0.3) is 0 Å². The van der Waals surface area contributed by atoms with Gasteiger partial charge in [0.05, 0.1) is 0 Å². The Morgan fingerprint density at radius 1 is 0.926 bits per heavy atom. The minimum absolute atomic E-state index is 0.0554. The Labute approximate surface area is 160 Å². The van der Waals surface area contributed by atoms with Crippen molar-refractivity contribution >= 4 is 33.4 Å². The van der Waals surface area contributed by atoms with E-state index in [1.54, 1.807) is 13.8 Å². The van der Waals surface area contributed by atoms with Crippen molar-refractivity contribution in [2.75, 3.05) is 19.6 Å². The van der Waals surface area contributed by atoms with Crippen molar-refractivity contribution in [3.05, 3.63) is 47.0 Å². The first-order valence-corrected chi connectivity index (χ1v) is 9.68. The number of carbonyl (C=O) groups excluding carboxylic acids is 2. The molecule has 0 amide bonds. The molecule has 2 aromatic carbocycles. The molecule has 1 aromatic heterocycles. The van der Waals surface area contributed by atoms with Gasteiger partial charge in [-0.1, -0.05) is 13.8 Å². The molecule has 0 fully saturated rings. The molecule has 0 aliphatic rings. The monoisotopic (exact) mass is 364 g/mol. The number of Topliss-reactive ketones (excluding diaryl/α,β-unsaturated/α-hetero) is 2. The first-order chi connectivity index (χ1) is 12.9. The van der Waals surface area contributed by atoms with Crippen LogP contribution in [-0.4, -0.2) is 40.7 Å². The molecule has 27 heavy (non-hydrogen) atoms.